The number of carbonyl (C=O) groups is 1. The Labute approximate surface area is 108 Å². The van der Waals surface area contributed by atoms with Gasteiger partial charge in [-0.3, -0.25) is 4.79 Å². The Balaban J connectivity index is 2.82. The van der Waals surface area contributed by atoms with Crippen molar-refractivity contribution in [3.05, 3.63) is 35.4 Å². The Morgan fingerprint density at radius 2 is 2.22 bits per heavy atom. The fraction of sp³-hybridized carbons (Fsp3) is 0.400. The zero-order chi connectivity index (χ0) is 13.4. The number of nitrogens with zero attached hydrogens (tertiary/aromatic N) is 1. The minimum Gasteiger partial charge on any atom is -0.395 e. The van der Waals surface area contributed by atoms with E-state index in [1.807, 2.05) is 19.1 Å². The number of aliphatic hydroxyl groups is 1. The Morgan fingerprint density at radius 3 is 2.89 bits per heavy atom. The van der Waals surface area contributed by atoms with Gasteiger partial charge in [0.2, 0.25) is 0 Å². The normalized spacial score (nSPS) is 9.50. The molecule has 0 atom stereocenters. The summed E-state index contributed by atoms with van der Waals surface area (Å²) in [6.45, 7) is 2.85. The lowest BCUT2D eigenvalue weighted by atomic mass is 10.1. The van der Waals surface area contributed by atoms with Crippen LogP contribution >= 0.6 is 0 Å². The summed E-state index contributed by atoms with van der Waals surface area (Å²) in [5.41, 5.74) is 1.46. The SMILES string of the molecule is CCCN(C)C(=O)c1cccc(C#CCCO)c1. The number of hydrogen-bond donors (Lipinski definition) is 1. The molecule has 0 unspecified atom stereocenters. The highest BCUT2D eigenvalue weighted by molar-refractivity contribution is 5.94. The molecular formula is C15H19NO2. The van der Waals surface area contributed by atoms with Gasteiger partial charge < -0.3 is 10.0 Å². The van der Waals surface area contributed by atoms with Crippen LogP contribution in [0, 0.1) is 11.8 Å². The molecular weight excluding hydrogens is 226 g/mol. The van der Waals surface area contributed by atoms with Gasteiger partial charge in [0, 0.05) is 31.1 Å². The number of aliphatic hydroxyl groups excluding tert-OH is 1. The first-order chi connectivity index (χ1) is 8.69. The Bertz CT molecular complexity index is 457. The van der Waals surface area contributed by atoms with E-state index in [0.717, 1.165) is 18.5 Å². The molecule has 0 aliphatic rings. The van der Waals surface area contributed by atoms with Crippen LogP contribution in [0.15, 0.2) is 24.3 Å². The van der Waals surface area contributed by atoms with Crippen molar-refractivity contribution in [3.8, 4) is 11.8 Å². The van der Waals surface area contributed by atoms with Crippen LogP contribution in [0.25, 0.3) is 0 Å². The van der Waals surface area contributed by atoms with Crippen LogP contribution in [0.4, 0.5) is 0 Å². The number of hydrogen-bond acceptors (Lipinski definition) is 2. The third-order valence-electron chi connectivity index (χ3n) is 2.48. The fourth-order valence-corrected chi connectivity index (χ4v) is 1.61. The van der Waals surface area contributed by atoms with Crippen molar-refractivity contribution >= 4 is 5.91 Å². The Kier molecular flexibility index (Phi) is 5.96. The molecule has 0 bridgehead atoms. The zero-order valence-corrected chi connectivity index (χ0v) is 10.9. The summed E-state index contributed by atoms with van der Waals surface area (Å²) in [5, 5.41) is 8.66. The molecule has 0 saturated heterocycles. The summed E-state index contributed by atoms with van der Waals surface area (Å²) in [5.74, 6) is 5.79. The molecule has 0 heterocycles. The van der Waals surface area contributed by atoms with E-state index in [9.17, 15) is 4.79 Å². The highest BCUT2D eigenvalue weighted by atomic mass is 16.2. The summed E-state index contributed by atoms with van der Waals surface area (Å²) < 4.78 is 0. The lowest BCUT2D eigenvalue weighted by Crippen LogP contribution is -2.27. The zero-order valence-electron chi connectivity index (χ0n) is 10.9. The predicted molar refractivity (Wildman–Crippen MR) is 72.3 cm³/mol. The highest BCUT2D eigenvalue weighted by Crippen LogP contribution is 2.07. The topological polar surface area (TPSA) is 40.5 Å². The molecule has 96 valence electrons. The largest absolute Gasteiger partial charge is 0.395 e. The van der Waals surface area contributed by atoms with Crippen LogP contribution in [0.3, 0.4) is 0 Å². The predicted octanol–water partition coefficient (Wildman–Crippen LogP) is 1.90. The van der Waals surface area contributed by atoms with E-state index in [1.165, 1.54) is 0 Å². The highest BCUT2D eigenvalue weighted by Gasteiger charge is 2.10. The van der Waals surface area contributed by atoms with Crippen molar-refractivity contribution in [3.63, 3.8) is 0 Å². The minimum absolute atomic E-state index is 0.0164. The third-order valence-corrected chi connectivity index (χ3v) is 2.48. The van der Waals surface area contributed by atoms with Gasteiger partial charge >= 0.3 is 0 Å². The second kappa shape index (κ2) is 7.52. The van der Waals surface area contributed by atoms with Gasteiger partial charge in [-0.15, -0.1) is 0 Å². The van der Waals surface area contributed by atoms with Gasteiger partial charge in [-0.25, -0.2) is 0 Å². The van der Waals surface area contributed by atoms with Crippen LogP contribution in [-0.4, -0.2) is 36.1 Å². The van der Waals surface area contributed by atoms with Crippen LogP contribution < -0.4 is 0 Å². The average Bonchev–Trinajstić information content (AvgIpc) is 2.39. The van der Waals surface area contributed by atoms with E-state index in [1.54, 1.807) is 24.1 Å². The lowest BCUT2D eigenvalue weighted by Gasteiger charge is -2.15. The second-order valence-electron chi connectivity index (χ2n) is 4.08. The first-order valence-corrected chi connectivity index (χ1v) is 6.14. The maximum absolute atomic E-state index is 12.1. The Morgan fingerprint density at radius 1 is 1.44 bits per heavy atom. The fourth-order valence-electron chi connectivity index (χ4n) is 1.61. The first kappa shape index (κ1) is 14.3. The van der Waals surface area contributed by atoms with Gasteiger partial charge in [-0.2, -0.15) is 0 Å². The molecule has 0 radical (unpaired) electrons. The van der Waals surface area contributed by atoms with Gasteiger partial charge in [0.15, 0.2) is 0 Å². The molecule has 1 amide bonds. The molecule has 0 saturated carbocycles. The second-order valence-corrected chi connectivity index (χ2v) is 4.08. The summed E-state index contributed by atoms with van der Waals surface area (Å²) in [6, 6.07) is 7.28. The standard InChI is InChI=1S/C15H19NO2/c1-3-10-16(2)15(18)14-9-6-8-13(12-14)7-4-5-11-17/h6,8-9,12,17H,3,5,10-11H2,1-2H3. The third kappa shape index (κ3) is 4.23. The smallest absolute Gasteiger partial charge is 0.253 e. The quantitative estimate of drug-likeness (QED) is 0.823. The molecule has 18 heavy (non-hydrogen) atoms. The van der Waals surface area contributed by atoms with Gasteiger partial charge in [0.05, 0.1) is 6.61 Å². The summed E-state index contributed by atoms with van der Waals surface area (Å²) in [4.78, 5) is 13.8. The molecule has 3 heteroatoms. The van der Waals surface area contributed by atoms with Crippen molar-refractivity contribution in [2.24, 2.45) is 0 Å². The van der Waals surface area contributed by atoms with Crippen molar-refractivity contribution < 1.29 is 9.90 Å². The van der Waals surface area contributed by atoms with Crippen LogP contribution in [-0.2, 0) is 0 Å². The van der Waals surface area contributed by atoms with E-state index in [0.29, 0.717) is 12.0 Å². The molecule has 0 aromatic heterocycles. The van der Waals surface area contributed by atoms with Crippen LogP contribution in [0.1, 0.15) is 35.7 Å². The van der Waals surface area contributed by atoms with Gasteiger partial charge in [-0.05, 0) is 24.6 Å². The molecule has 0 aliphatic heterocycles. The number of carbonyl (C=O) groups excluding carboxylic acids is 1. The molecule has 1 N–H and O–H groups in total. The number of benzene rings is 1. The number of rotatable bonds is 4. The van der Waals surface area contributed by atoms with Crippen molar-refractivity contribution in [2.75, 3.05) is 20.2 Å². The summed E-state index contributed by atoms with van der Waals surface area (Å²) in [6.07, 6.45) is 1.39. The van der Waals surface area contributed by atoms with Gasteiger partial charge in [-0.1, -0.05) is 24.8 Å². The minimum atomic E-state index is 0.0164. The monoisotopic (exact) mass is 245 g/mol. The molecule has 3 nitrogen and oxygen atoms in total. The van der Waals surface area contributed by atoms with Crippen molar-refractivity contribution in [1.82, 2.24) is 4.90 Å². The van der Waals surface area contributed by atoms with E-state index in [4.69, 9.17) is 5.11 Å². The van der Waals surface area contributed by atoms with Crippen molar-refractivity contribution in [1.29, 1.82) is 0 Å². The van der Waals surface area contributed by atoms with E-state index < -0.39 is 0 Å². The molecule has 1 rings (SSSR count). The first-order valence-electron chi connectivity index (χ1n) is 6.14. The maximum Gasteiger partial charge on any atom is 0.253 e. The molecule has 0 aliphatic carbocycles. The van der Waals surface area contributed by atoms with Gasteiger partial charge in [0.1, 0.15) is 0 Å². The summed E-state index contributed by atoms with van der Waals surface area (Å²) in [7, 11) is 1.80. The lowest BCUT2D eigenvalue weighted by molar-refractivity contribution is 0.0795. The maximum atomic E-state index is 12.1. The molecule has 1 aromatic rings. The average molecular weight is 245 g/mol. The molecule has 0 fully saturated rings. The summed E-state index contributed by atoms with van der Waals surface area (Å²) >= 11 is 0. The Hall–Kier alpha value is -1.79. The van der Waals surface area contributed by atoms with Gasteiger partial charge in [0.25, 0.3) is 5.91 Å². The van der Waals surface area contributed by atoms with E-state index in [-0.39, 0.29) is 12.5 Å². The van der Waals surface area contributed by atoms with E-state index in [2.05, 4.69) is 11.8 Å². The van der Waals surface area contributed by atoms with E-state index >= 15 is 0 Å². The number of amides is 1. The molecule has 0 spiro atoms. The van der Waals surface area contributed by atoms with Crippen molar-refractivity contribution in [2.45, 2.75) is 19.8 Å². The molecule has 1 aromatic carbocycles. The van der Waals surface area contributed by atoms with Crippen LogP contribution in [0.5, 0.6) is 0 Å². The van der Waals surface area contributed by atoms with Crippen LogP contribution in [0.2, 0.25) is 0 Å².